The highest BCUT2D eigenvalue weighted by Gasteiger charge is 2.34. The molecule has 1 saturated heterocycles. The molecule has 41 heavy (non-hydrogen) atoms. The standard InChI is InChI=1S/C32H31ClN6O2/c1-22-7-5-10-24-11-6-12-28(29(22)24)37-16-14-26-27(20-37)35-31(33)36-30(26)38-17-18-39(25(19-38)13-15-34)32(40)41-21-23-8-3-2-4-9-23/h2-12,25H,13-14,16-21H2,1H3. The second-order valence-electron chi connectivity index (χ2n) is 10.6. The topological polar surface area (TPSA) is 85.6 Å². The Morgan fingerprint density at radius 2 is 1.83 bits per heavy atom. The number of nitrogens with zero attached hydrogens (tertiary/aromatic N) is 6. The summed E-state index contributed by atoms with van der Waals surface area (Å²) in [6, 6.07) is 24.3. The number of carbonyl (C=O) groups is 1. The number of amides is 1. The average molecular weight is 567 g/mol. The van der Waals surface area contributed by atoms with E-state index >= 15 is 0 Å². The lowest BCUT2D eigenvalue weighted by atomic mass is 9.99. The zero-order valence-corrected chi connectivity index (χ0v) is 23.7. The van der Waals surface area contributed by atoms with Gasteiger partial charge in [-0.2, -0.15) is 5.26 Å². The molecule has 2 aliphatic rings. The Kier molecular flexibility index (Phi) is 7.62. The van der Waals surface area contributed by atoms with Crippen LogP contribution in [0.25, 0.3) is 10.8 Å². The van der Waals surface area contributed by atoms with Crippen molar-refractivity contribution in [2.24, 2.45) is 0 Å². The Balaban J connectivity index is 1.22. The fraction of sp³-hybridized carbons (Fsp3) is 0.312. The first-order valence-electron chi connectivity index (χ1n) is 13.9. The molecule has 4 aromatic rings. The second-order valence-corrected chi connectivity index (χ2v) is 10.9. The third-order valence-electron chi connectivity index (χ3n) is 8.00. The molecule has 3 aromatic carbocycles. The fourth-order valence-electron chi connectivity index (χ4n) is 5.99. The molecule has 3 heterocycles. The van der Waals surface area contributed by atoms with Gasteiger partial charge in [0.1, 0.15) is 12.4 Å². The van der Waals surface area contributed by atoms with Crippen molar-refractivity contribution in [1.29, 1.82) is 5.26 Å². The number of hydrogen-bond donors (Lipinski definition) is 0. The van der Waals surface area contributed by atoms with E-state index < -0.39 is 6.09 Å². The van der Waals surface area contributed by atoms with Crippen LogP contribution in [0.15, 0.2) is 66.7 Å². The van der Waals surface area contributed by atoms with Crippen molar-refractivity contribution in [2.75, 3.05) is 36.0 Å². The molecule has 1 unspecified atom stereocenters. The SMILES string of the molecule is Cc1cccc2cccc(N3CCc4c(nc(Cl)nc4N4CCN(C(=O)OCc5ccccc5)C(CC#N)C4)C3)c12. The Hall–Kier alpha value is -4.35. The van der Waals surface area contributed by atoms with Crippen LogP contribution in [0.3, 0.4) is 0 Å². The first-order valence-corrected chi connectivity index (χ1v) is 14.3. The summed E-state index contributed by atoms with van der Waals surface area (Å²) in [5.41, 5.74) is 5.36. The molecule has 208 valence electrons. The van der Waals surface area contributed by atoms with E-state index in [0.29, 0.717) is 26.2 Å². The van der Waals surface area contributed by atoms with Crippen LogP contribution in [0.5, 0.6) is 0 Å². The van der Waals surface area contributed by atoms with Crippen molar-refractivity contribution in [2.45, 2.75) is 39.0 Å². The normalized spacial score (nSPS) is 16.8. The number of aromatic nitrogens is 2. The maximum Gasteiger partial charge on any atom is 0.410 e. The van der Waals surface area contributed by atoms with E-state index in [4.69, 9.17) is 16.3 Å². The van der Waals surface area contributed by atoms with Crippen molar-refractivity contribution in [3.05, 3.63) is 94.4 Å². The number of benzene rings is 3. The van der Waals surface area contributed by atoms with Gasteiger partial charge in [-0.15, -0.1) is 0 Å². The van der Waals surface area contributed by atoms with Gasteiger partial charge in [0.05, 0.1) is 30.8 Å². The van der Waals surface area contributed by atoms with Gasteiger partial charge >= 0.3 is 6.09 Å². The molecular formula is C32H31ClN6O2. The highest BCUT2D eigenvalue weighted by atomic mass is 35.5. The molecule has 8 nitrogen and oxygen atoms in total. The number of nitriles is 1. The summed E-state index contributed by atoms with van der Waals surface area (Å²) in [5, 5.41) is 12.2. The van der Waals surface area contributed by atoms with Gasteiger partial charge in [0.2, 0.25) is 5.28 Å². The summed E-state index contributed by atoms with van der Waals surface area (Å²) in [6.45, 7) is 5.26. The molecule has 2 aliphatic heterocycles. The molecule has 1 fully saturated rings. The minimum absolute atomic E-state index is 0.195. The van der Waals surface area contributed by atoms with Gasteiger partial charge in [-0.05, 0) is 47.5 Å². The maximum absolute atomic E-state index is 13.0. The summed E-state index contributed by atoms with van der Waals surface area (Å²) in [6.07, 6.45) is 0.566. The van der Waals surface area contributed by atoms with Gasteiger partial charge in [-0.3, -0.25) is 0 Å². The first-order chi connectivity index (χ1) is 20.0. The van der Waals surface area contributed by atoms with Crippen LogP contribution < -0.4 is 9.80 Å². The highest BCUT2D eigenvalue weighted by molar-refractivity contribution is 6.28. The predicted molar refractivity (Wildman–Crippen MR) is 160 cm³/mol. The monoisotopic (exact) mass is 566 g/mol. The van der Waals surface area contributed by atoms with Gasteiger partial charge < -0.3 is 19.4 Å². The van der Waals surface area contributed by atoms with Gasteiger partial charge in [-0.25, -0.2) is 14.8 Å². The van der Waals surface area contributed by atoms with E-state index in [1.807, 2.05) is 30.3 Å². The summed E-state index contributed by atoms with van der Waals surface area (Å²) in [5.74, 6) is 0.800. The molecule has 0 bridgehead atoms. The minimum Gasteiger partial charge on any atom is -0.445 e. The zero-order valence-electron chi connectivity index (χ0n) is 23.0. The van der Waals surface area contributed by atoms with Crippen molar-refractivity contribution in [1.82, 2.24) is 14.9 Å². The molecule has 0 saturated carbocycles. The Morgan fingerprint density at radius 1 is 1.02 bits per heavy atom. The molecule has 1 aromatic heterocycles. The number of ether oxygens (including phenoxy) is 1. The van der Waals surface area contributed by atoms with Gasteiger partial charge in [0, 0.05) is 42.8 Å². The quantitative estimate of drug-likeness (QED) is 0.278. The van der Waals surface area contributed by atoms with Crippen LogP contribution in [0.1, 0.15) is 28.8 Å². The van der Waals surface area contributed by atoms with Gasteiger partial charge in [0.15, 0.2) is 0 Å². The Morgan fingerprint density at radius 3 is 2.63 bits per heavy atom. The number of piperazine rings is 1. The predicted octanol–water partition coefficient (Wildman–Crippen LogP) is 5.90. The van der Waals surface area contributed by atoms with Gasteiger partial charge in [-0.1, -0.05) is 60.7 Å². The van der Waals surface area contributed by atoms with Gasteiger partial charge in [0.25, 0.3) is 0 Å². The van der Waals surface area contributed by atoms with E-state index in [1.165, 1.54) is 22.0 Å². The van der Waals surface area contributed by atoms with Crippen molar-refractivity contribution >= 4 is 40.0 Å². The van der Waals surface area contributed by atoms with E-state index in [9.17, 15) is 10.1 Å². The highest BCUT2D eigenvalue weighted by Crippen LogP contribution is 2.35. The average Bonchev–Trinajstić information content (AvgIpc) is 2.99. The molecule has 6 rings (SSSR count). The summed E-state index contributed by atoms with van der Waals surface area (Å²) in [4.78, 5) is 28.5. The Labute approximate surface area is 244 Å². The van der Waals surface area contributed by atoms with Crippen LogP contribution in [0, 0.1) is 18.3 Å². The molecule has 0 radical (unpaired) electrons. The summed E-state index contributed by atoms with van der Waals surface area (Å²) < 4.78 is 5.59. The molecule has 9 heteroatoms. The number of fused-ring (bicyclic) bond motifs is 2. The third-order valence-corrected chi connectivity index (χ3v) is 8.17. The smallest absolute Gasteiger partial charge is 0.410 e. The molecule has 0 aliphatic carbocycles. The van der Waals surface area contributed by atoms with E-state index in [1.54, 1.807) is 4.90 Å². The number of carbonyl (C=O) groups excluding carboxylic acids is 1. The number of aryl methyl sites for hydroxylation is 1. The van der Waals surface area contributed by atoms with Crippen LogP contribution in [-0.2, 0) is 24.3 Å². The maximum atomic E-state index is 13.0. The molecule has 0 spiro atoms. The molecular weight excluding hydrogens is 536 g/mol. The lowest BCUT2D eigenvalue weighted by Gasteiger charge is -2.41. The molecule has 1 amide bonds. The van der Waals surface area contributed by atoms with Crippen molar-refractivity contribution < 1.29 is 9.53 Å². The number of rotatable bonds is 5. The number of halogens is 1. The largest absolute Gasteiger partial charge is 0.445 e. The van der Waals surface area contributed by atoms with Crippen LogP contribution >= 0.6 is 11.6 Å². The first kappa shape index (κ1) is 26.9. The molecule has 1 atom stereocenters. The lowest BCUT2D eigenvalue weighted by molar-refractivity contribution is 0.0768. The lowest BCUT2D eigenvalue weighted by Crippen LogP contribution is -2.55. The molecule has 0 N–H and O–H groups in total. The second kappa shape index (κ2) is 11.6. The van der Waals surface area contributed by atoms with Crippen molar-refractivity contribution in [3.63, 3.8) is 0 Å². The summed E-state index contributed by atoms with van der Waals surface area (Å²) >= 11 is 6.49. The van der Waals surface area contributed by atoms with E-state index in [2.05, 4.69) is 69.2 Å². The van der Waals surface area contributed by atoms with E-state index in [-0.39, 0.29) is 24.4 Å². The van der Waals surface area contributed by atoms with Crippen molar-refractivity contribution in [3.8, 4) is 6.07 Å². The van der Waals surface area contributed by atoms with Crippen LogP contribution in [0.2, 0.25) is 5.28 Å². The third kappa shape index (κ3) is 5.50. The fourth-order valence-corrected chi connectivity index (χ4v) is 6.17. The zero-order chi connectivity index (χ0) is 28.3. The Bertz CT molecular complexity index is 1620. The summed E-state index contributed by atoms with van der Waals surface area (Å²) in [7, 11) is 0. The minimum atomic E-state index is -0.405. The van der Waals surface area contributed by atoms with E-state index in [0.717, 1.165) is 35.6 Å². The van der Waals surface area contributed by atoms with Crippen LogP contribution in [-0.4, -0.2) is 53.2 Å². The van der Waals surface area contributed by atoms with Crippen LogP contribution in [0.4, 0.5) is 16.3 Å². The number of anilines is 2. The number of hydrogen-bond acceptors (Lipinski definition) is 7.